The van der Waals surface area contributed by atoms with E-state index in [4.69, 9.17) is 5.73 Å². The van der Waals surface area contributed by atoms with Gasteiger partial charge in [0.2, 0.25) is 5.91 Å². The Morgan fingerprint density at radius 3 is 2.83 bits per heavy atom. The van der Waals surface area contributed by atoms with Gasteiger partial charge < -0.3 is 16.0 Å². The van der Waals surface area contributed by atoms with Crippen LogP contribution in [0.5, 0.6) is 0 Å². The molecule has 1 amide bonds. The lowest BCUT2D eigenvalue weighted by Crippen LogP contribution is -2.37. The molecule has 1 aliphatic heterocycles. The van der Waals surface area contributed by atoms with E-state index >= 15 is 0 Å². The molecule has 0 unspecified atom stereocenters. The number of rotatable bonds is 6. The summed E-state index contributed by atoms with van der Waals surface area (Å²) < 4.78 is 0. The number of aliphatic imine (C=N–C) groups is 1. The molecule has 2 fully saturated rings. The number of carbonyl (C=O) groups excluding carboxylic acids is 1. The van der Waals surface area contributed by atoms with Crippen molar-refractivity contribution in [1.82, 2.24) is 10.2 Å². The SMILES string of the molecule is NC(=NCc1cccc(CN2CCCC2=O)c1)NCC1CCC1. The highest BCUT2D eigenvalue weighted by Gasteiger charge is 2.20. The Morgan fingerprint density at radius 2 is 2.13 bits per heavy atom. The van der Waals surface area contributed by atoms with Crippen molar-refractivity contribution >= 4 is 11.9 Å². The van der Waals surface area contributed by atoms with E-state index in [1.54, 1.807) is 0 Å². The molecule has 0 bridgehead atoms. The van der Waals surface area contributed by atoms with Gasteiger partial charge in [0, 0.05) is 26.1 Å². The maximum Gasteiger partial charge on any atom is 0.222 e. The summed E-state index contributed by atoms with van der Waals surface area (Å²) in [6.45, 7) is 3.09. The van der Waals surface area contributed by atoms with Crippen LogP contribution in [0.4, 0.5) is 0 Å². The minimum atomic E-state index is 0.262. The molecule has 5 heteroatoms. The average Bonchev–Trinajstić information content (AvgIpc) is 2.89. The lowest BCUT2D eigenvalue weighted by Gasteiger charge is -2.25. The Morgan fingerprint density at radius 1 is 1.30 bits per heavy atom. The van der Waals surface area contributed by atoms with E-state index < -0.39 is 0 Å². The summed E-state index contributed by atoms with van der Waals surface area (Å²) in [5, 5.41) is 3.21. The van der Waals surface area contributed by atoms with Crippen molar-refractivity contribution in [3.8, 4) is 0 Å². The van der Waals surface area contributed by atoms with Gasteiger partial charge in [-0.3, -0.25) is 4.79 Å². The van der Waals surface area contributed by atoms with E-state index in [1.807, 2.05) is 11.0 Å². The first-order valence-electron chi connectivity index (χ1n) is 8.60. The van der Waals surface area contributed by atoms with Gasteiger partial charge in [-0.2, -0.15) is 0 Å². The van der Waals surface area contributed by atoms with Gasteiger partial charge >= 0.3 is 0 Å². The number of guanidine groups is 1. The van der Waals surface area contributed by atoms with E-state index in [9.17, 15) is 4.79 Å². The lowest BCUT2D eigenvalue weighted by molar-refractivity contribution is -0.128. The highest BCUT2D eigenvalue weighted by atomic mass is 16.2. The fraction of sp³-hybridized carbons (Fsp3) is 0.556. The van der Waals surface area contributed by atoms with Crippen LogP contribution < -0.4 is 11.1 Å². The summed E-state index contributed by atoms with van der Waals surface area (Å²) in [4.78, 5) is 18.1. The van der Waals surface area contributed by atoms with Crippen molar-refractivity contribution in [3.05, 3.63) is 35.4 Å². The number of carbonyl (C=O) groups is 1. The van der Waals surface area contributed by atoms with Crippen LogP contribution in [0, 0.1) is 5.92 Å². The van der Waals surface area contributed by atoms with Crippen molar-refractivity contribution in [3.63, 3.8) is 0 Å². The summed E-state index contributed by atoms with van der Waals surface area (Å²) in [7, 11) is 0. The molecule has 23 heavy (non-hydrogen) atoms. The second kappa shape index (κ2) is 7.49. The quantitative estimate of drug-likeness (QED) is 0.623. The molecular formula is C18H26N4O. The van der Waals surface area contributed by atoms with E-state index in [0.717, 1.165) is 36.6 Å². The van der Waals surface area contributed by atoms with Crippen LogP contribution in [0.2, 0.25) is 0 Å². The van der Waals surface area contributed by atoms with E-state index in [2.05, 4.69) is 28.5 Å². The van der Waals surface area contributed by atoms with Crippen molar-refractivity contribution < 1.29 is 4.79 Å². The summed E-state index contributed by atoms with van der Waals surface area (Å²) >= 11 is 0. The van der Waals surface area contributed by atoms with Crippen molar-refractivity contribution in [1.29, 1.82) is 0 Å². The van der Waals surface area contributed by atoms with Crippen LogP contribution in [0.15, 0.2) is 29.3 Å². The van der Waals surface area contributed by atoms with E-state index in [-0.39, 0.29) is 5.91 Å². The first-order valence-corrected chi connectivity index (χ1v) is 8.60. The topological polar surface area (TPSA) is 70.7 Å². The number of nitrogens with one attached hydrogen (secondary N) is 1. The molecule has 0 atom stereocenters. The van der Waals surface area contributed by atoms with Gasteiger partial charge in [-0.15, -0.1) is 0 Å². The number of benzene rings is 1. The maximum atomic E-state index is 11.7. The van der Waals surface area contributed by atoms with E-state index in [1.165, 1.54) is 19.3 Å². The standard InChI is InChI=1S/C18H26N4O/c19-18(20-11-14-4-1-5-14)21-12-15-6-2-7-16(10-15)13-22-9-3-8-17(22)23/h2,6-7,10,14H,1,3-5,8-9,11-13H2,(H3,19,20,21). The number of amides is 1. The van der Waals surface area contributed by atoms with Crippen LogP contribution in [0.3, 0.4) is 0 Å². The van der Waals surface area contributed by atoms with Crippen LogP contribution in [-0.4, -0.2) is 29.9 Å². The molecule has 0 spiro atoms. The minimum Gasteiger partial charge on any atom is -0.370 e. The smallest absolute Gasteiger partial charge is 0.222 e. The lowest BCUT2D eigenvalue weighted by atomic mass is 9.85. The number of hydrogen-bond donors (Lipinski definition) is 2. The molecule has 1 aromatic carbocycles. The molecule has 124 valence electrons. The largest absolute Gasteiger partial charge is 0.370 e. The molecule has 0 aromatic heterocycles. The molecule has 1 aliphatic carbocycles. The molecule has 2 aliphatic rings. The maximum absolute atomic E-state index is 11.7. The molecule has 1 saturated heterocycles. The zero-order chi connectivity index (χ0) is 16.1. The van der Waals surface area contributed by atoms with Crippen molar-refractivity contribution in [2.45, 2.75) is 45.2 Å². The van der Waals surface area contributed by atoms with Crippen LogP contribution in [0.25, 0.3) is 0 Å². The van der Waals surface area contributed by atoms with Gasteiger partial charge in [-0.25, -0.2) is 4.99 Å². The van der Waals surface area contributed by atoms with Gasteiger partial charge in [-0.05, 0) is 36.3 Å². The molecule has 1 heterocycles. The monoisotopic (exact) mass is 314 g/mol. The Labute approximate surface area is 138 Å². The van der Waals surface area contributed by atoms with Gasteiger partial charge in [0.25, 0.3) is 0 Å². The Bertz CT molecular complexity index is 580. The molecule has 1 saturated carbocycles. The van der Waals surface area contributed by atoms with E-state index in [0.29, 0.717) is 25.5 Å². The number of hydrogen-bond acceptors (Lipinski definition) is 2. The third-order valence-corrected chi connectivity index (χ3v) is 4.76. The fourth-order valence-corrected chi connectivity index (χ4v) is 3.10. The predicted molar refractivity (Wildman–Crippen MR) is 91.8 cm³/mol. The Kier molecular flexibility index (Phi) is 5.16. The fourth-order valence-electron chi connectivity index (χ4n) is 3.10. The zero-order valence-corrected chi connectivity index (χ0v) is 13.6. The summed E-state index contributed by atoms with van der Waals surface area (Å²) in [5.41, 5.74) is 8.21. The Hall–Kier alpha value is -2.04. The predicted octanol–water partition coefficient (Wildman–Crippen LogP) is 2.01. The average molecular weight is 314 g/mol. The first kappa shape index (κ1) is 15.8. The summed E-state index contributed by atoms with van der Waals surface area (Å²) in [6, 6.07) is 8.27. The number of nitrogens with two attached hydrogens (primary N) is 1. The summed E-state index contributed by atoms with van der Waals surface area (Å²) in [6.07, 6.45) is 5.62. The molecular weight excluding hydrogens is 288 g/mol. The van der Waals surface area contributed by atoms with Gasteiger partial charge in [0.1, 0.15) is 0 Å². The van der Waals surface area contributed by atoms with Gasteiger partial charge in [0.05, 0.1) is 6.54 Å². The van der Waals surface area contributed by atoms with Crippen LogP contribution in [0.1, 0.15) is 43.2 Å². The summed E-state index contributed by atoms with van der Waals surface area (Å²) in [5.74, 6) is 1.56. The van der Waals surface area contributed by atoms with Crippen LogP contribution in [-0.2, 0) is 17.9 Å². The van der Waals surface area contributed by atoms with Gasteiger partial charge in [0.15, 0.2) is 5.96 Å². The molecule has 3 N–H and O–H groups in total. The van der Waals surface area contributed by atoms with Gasteiger partial charge in [-0.1, -0.05) is 30.7 Å². The number of likely N-dealkylation sites (tertiary alicyclic amines) is 1. The molecule has 0 radical (unpaired) electrons. The molecule has 3 rings (SSSR count). The van der Waals surface area contributed by atoms with Crippen molar-refractivity contribution in [2.75, 3.05) is 13.1 Å². The van der Waals surface area contributed by atoms with Crippen molar-refractivity contribution in [2.24, 2.45) is 16.6 Å². The second-order valence-corrected chi connectivity index (χ2v) is 6.62. The number of nitrogens with zero attached hydrogens (tertiary/aromatic N) is 2. The second-order valence-electron chi connectivity index (χ2n) is 6.62. The third-order valence-electron chi connectivity index (χ3n) is 4.76. The van der Waals surface area contributed by atoms with Crippen LogP contribution >= 0.6 is 0 Å². The Balaban J connectivity index is 1.51. The first-order chi connectivity index (χ1) is 11.2. The molecule has 5 nitrogen and oxygen atoms in total. The normalized spacial score (nSPS) is 19.0. The third kappa shape index (κ3) is 4.47. The minimum absolute atomic E-state index is 0.262. The molecule has 1 aromatic rings. The zero-order valence-electron chi connectivity index (χ0n) is 13.6. The highest BCUT2D eigenvalue weighted by Crippen LogP contribution is 2.25. The highest BCUT2D eigenvalue weighted by molar-refractivity contribution is 5.78.